The molecule has 3 unspecified atom stereocenters. The van der Waals surface area contributed by atoms with Crippen molar-refractivity contribution in [2.45, 2.75) is 70.6 Å². The summed E-state index contributed by atoms with van der Waals surface area (Å²) in [5, 5.41) is 3.54. The van der Waals surface area contributed by atoms with Crippen molar-refractivity contribution in [1.82, 2.24) is 15.1 Å². The molecule has 110 valence electrons. The van der Waals surface area contributed by atoms with Crippen LogP contribution in [-0.2, 0) is 4.79 Å². The highest BCUT2D eigenvalue weighted by Gasteiger charge is 2.39. The molecule has 1 amide bonds. The molecule has 2 saturated heterocycles. The molecule has 0 aliphatic carbocycles. The molecule has 4 nitrogen and oxygen atoms in total. The first kappa shape index (κ1) is 14.8. The maximum absolute atomic E-state index is 12.5. The van der Waals surface area contributed by atoms with Crippen molar-refractivity contribution in [3.8, 4) is 0 Å². The van der Waals surface area contributed by atoms with Crippen LogP contribution in [0.5, 0.6) is 0 Å². The summed E-state index contributed by atoms with van der Waals surface area (Å²) in [4.78, 5) is 17.0. The Morgan fingerprint density at radius 1 is 1.26 bits per heavy atom. The summed E-state index contributed by atoms with van der Waals surface area (Å²) < 4.78 is 0. The maximum atomic E-state index is 12.5. The van der Waals surface area contributed by atoms with Gasteiger partial charge in [0, 0.05) is 12.6 Å². The van der Waals surface area contributed by atoms with Crippen molar-refractivity contribution >= 4 is 5.91 Å². The van der Waals surface area contributed by atoms with Gasteiger partial charge in [0.1, 0.15) is 0 Å². The Balaban J connectivity index is 1.99. The molecule has 4 heteroatoms. The van der Waals surface area contributed by atoms with Crippen LogP contribution in [0.4, 0.5) is 0 Å². The quantitative estimate of drug-likeness (QED) is 0.797. The van der Waals surface area contributed by atoms with Gasteiger partial charge in [-0.3, -0.25) is 10.1 Å². The van der Waals surface area contributed by atoms with E-state index in [4.69, 9.17) is 0 Å². The Morgan fingerprint density at radius 3 is 2.58 bits per heavy atom. The number of hydrogen-bond acceptors (Lipinski definition) is 3. The summed E-state index contributed by atoms with van der Waals surface area (Å²) in [5.74, 6) is 0.334. The number of likely N-dealkylation sites (N-methyl/N-ethyl adjacent to an activating group) is 1. The second kappa shape index (κ2) is 6.71. The van der Waals surface area contributed by atoms with Gasteiger partial charge in [-0.25, -0.2) is 0 Å². The molecule has 1 N–H and O–H groups in total. The van der Waals surface area contributed by atoms with E-state index in [0.717, 1.165) is 32.2 Å². The lowest BCUT2D eigenvalue weighted by atomic mass is 10.1. The fourth-order valence-electron chi connectivity index (χ4n) is 3.41. The third-order valence-corrected chi connectivity index (χ3v) is 4.57. The van der Waals surface area contributed by atoms with E-state index in [1.807, 2.05) is 0 Å². The van der Waals surface area contributed by atoms with Crippen LogP contribution in [0.3, 0.4) is 0 Å². The molecule has 3 atom stereocenters. The van der Waals surface area contributed by atoms with Gasteiger partial charge < -0.3 is 9.80 Å². The molecular weight excluding hydrogens is 238 g/mol. The molecule has 0 aromatic heterocycles. The van der Waals surface area contributed by atoms with Crippen molar-refractivity contribution < 1.29 is 4.79 Å². The van der Waals surface area contributed by atoms with Crippen LogP contribution in [-0.4, -0.2) is 54.1 Å². The number of nitrogens with zero attached hydrogens (tertiary/aromatic N) is 2. The normalized spacial score (nSPS) is 32.5. The summed E-state index contributed by atoms with van der Waals surface area (Å²) in [7, 11) is 2.18. The van der Waals surface area contributed by atoms with Crippen molar-refractivity contribution in [1.29, 1.82) is 0 Å². The van der Waals surface area contributed by atoms with Crippen molar-refractivity contribution in [3.63, 3.8) is 0 Å². The SMILES string of the molecule is CCCC1NC(CCC)N(CC2CCCN2C)C1=O. The highest BCUT2D eigenvalue weighted by atomic mass is 16.2. The molecule has 2 aliphatic heterocycles. The number of carbonyl (C=O) groups excluding carboxylic acids is 1. The van der Waals surface area contributed by atoms with Crippen LogP contribution >= 0.6 is 0 Å². The number of carbonyl (C=O) groups is 1. The monoisotopic (exact) mass is 267 g/mol. The minimum atomic E-state index is 0.0632. The number of amides is 1. The number of nitrogens with one attached hydrogen (secondary N) is 1. The van der Waals surface area contributed by atoms with Gasteiger partial charge in [-0.2, -0.15) is 0 Å². The van der Waals surface area contributed by atoms with Gasteiger partial charge in [-0.1, -0.05) is 26.7 Å². The predicted octanol–water partition coefficient (Wildman–Crippen LogP) is 1.81. The smallest absolute Gasteiger partial charge is 0.241 e. The molecule has 0 bridgehead atoms. The van der Waals surface area contributed by atoms with E-state index in [-0.39, 0.29) is 12.2 Å². The van der Waals surface area contributed by atoms with E-state index in [1.165, 1.54) is 19.4 Å². The maximum Gasteiger partial charge on any atom is 0.241 e. The zero-order valence-electron chi connectivity index (χ0n) is 12.7. The second-order valence-electron chi connectivity index (χ2n) is 6.08. The van der Waals surface area contributed by atoms with Crippen LogP contribution in [0.25, 0.3) is 0 Å². The van der Waals surface area contributed by atoms with Crippen molar-refractivity contribution in [2.24, 2.45) is 0 Å². The van der Waals surface area contributed by atoms with Crippen LogP contribution in [0, 0.1) is 0 Å². The van der Waals surface area contributed by atoms with Crippen LogP contribution in [0.1, 0.15) is 52.4 Å². The third kappa shape index (κ3) is 3.29. The lowest BCUT2D eigenvalue weighted by molar-refractivity contribution is -0.130. The summed E-state index contributed by atoms with van der Waals surface area (Å²) in [6, 6.07) is 0.624. The molecule has 19 heavy (non-hydrogen) atoms. The van der Waals surface area contributed by atoms with Gasteiger partial charge in [0.2, 0.25) is 5.91 Å². The molecule has 0 aromatic rings. The van der Waals surface area contributed by atoms with E-state index in [2.05, 4.69) is 36.0 Å². The molecular formula is C15H29N3O. The van der Waals surface area contributed by atoms with Gasteiger partial charge in [0.05, 0.1) is 12.2 Å². The van der Waals surface area contributed by atoms with Gasteiger partial charge in [0.15, 0.2) is 0 Å². The number of likely N-dealkylation sites (tertiary alicyclic amines) is 1. The first-order valence-electron chi connectivity index (χ1n) is 7.94. The highest BCUT2D eigenvalue weighted by Crippen LogP contribution is 2.22. The topological polar surface area (TPSA) is 35.6 Å². The van der Waals surface area contributed by atoms with Crippen LogP contribution < -0.4 is 5.32 Å². The van der Waals surface area contributed by atoms with E-state index < -0.39 is 0 Å². The fraction of sp³-hybridized carbons (Fsp3) is 0.933. The summed E-state index contributed by atoms with van der Waals surface area (Å²) in [6.45, 7) is 6.43. The standard InChI is InChI=1S/C15H29N3O/c1-4-7-13-15(19)18(14(16-13)8-5-2)11-12-9-6-10-17(12)3/h12-14,16H,4-11H2,1-3H3. The zero-order valence-corrected chi connectivity index (χ0v) is 12.7. The second-order valence-corrected chi connectivity index (χ2v) is 6.08. The fourth-order valence-corrected chi connectivity index (χ4v) is 3.41. The third-order valence-electron chi connectivity index (χ3n) is 4.57. The molecule has 0 spiro atoms. The molecule has 0 saturated carbocycles. The van der Waals surface area contributed by atoms with E-state index in [9.17, 15) is 4.79 Å². The van der Waals surface area contributed by atoms with Gasteiger partial charge in [-0.05, 0) is 39.3 Å². The summed E-state index contributed by atoms with van der Waals surface area (Å²) in [5.41, 5.74) is 0. The minimum Gasteiger partial charge on any atom is -0.324 e. The number of rotatable bonds is 6. The van der Waals surface area contributed by atoms with Crippen LogP contribution in [0.15, 0.2) is 0 Å². The highest BCUT2D eigenvalue weighted by molar-refractivity contribution is 5.84. The average molecular weight is 267 g/mol. The Hall–Kier alpha value is -0.610. The van der Waals surface area contributed by atoms with Gasteiger partial charge in [0.25, 0.3) is 0 Å². The molecule has 0 aromatic carbocycles. The van der Waals surface area contributed by atoms with Crippen molar-refractivity contribution in [2.75, 3.05) is 20.1 Å². The molecule has 0 radical (unpaired) electrons. The largest absolute Gasteiger partial charge is 0.324 e. The van der Waals surface area contributed by atoms with Gasteiger partial charge in [-0.15, -0.1) is 0 Å². The van der Waals surface area contributed by atoms with E-state index in [1.54, 1.807) is 0 Å². The minimum absolute atomic E-state index is 0.0632. The predicted molar refractivity (Wildman–Crippen MR) is 77.9 cm³/mol. The first-order chi connectivity index (χ1) is 9.17. The zero-order chi connectivity index (χ0) is 13.8. The Kier molecular flexibility index (Phi) is 5.22. The van der Waals surface area contributed by atoms with Gasteiger partial charge >= 0.3 is 0 Å². The van der Waals surface area contributed by atoms with Crippen LogP contribution in [0.2, 0.25) is 0 Å². The molecule has 2 fully saturated rings. The first-order valence-corrected chi connectivity index (χ1v) is 7.94. The van der Waals surface area contributed by atoms with E-state index >= 15 is 0 Å². The summed E-state index contributed by atoms with van der Waals surface area (Å²) >= 11 is 0. The molecule has 2 heterocycles. The average Bonchev–Trinajstić information content (AvgIpc) is 2.90. The molecule has 2 aliphatic rings. The lowest BCUT2D eigenvalue weighted by Gasteiger charge is -2.29. The Labute approximate surface area is 117 Å². The Morgan fingerprint density at radius 2 is 2.00 bits per heavy atom. The lowest BCUT2D eigenvalue weighted by Crippen LogP contribution is -2.45. The number of hydrogen-bond donors (Lipinski definition) is 1. The van der Waals surface area contributed by atoms with Crippen molar-refractivity contribution in [3.05, 3.63) is 0 Å². The summed E-state index contributed by atoms with van der Waals surface area (Å²) in [6.07, 6.45) is 7.01. The Bertz CT molecular complexity index is 308. The van der Waals surface area contributed by atoms with E-state index in [0.29, 0.717) is 11.9 Å². The molecule has 2 rings (SSSR count).